The zero-order valence-electron chi connectivity index (χ0n) is 5.49. The van der Waals surface area contributed by atoms with E-state index < -0.39 is 6.16 Å². The predicted octanol–water partition coefficient (Wildman–Crippen LogP) is 1.19. The van der Waals surface area contributed by atoms with Crippen LogP contribution in [0.15, 0.2) is 12.2 Å². The van der Waals surface area contributed by atoms with Gasteiger partial charge >= 0.3 is 6.16 Å². The lowest BCUT2D eigenvalue weighted by molar-refractivity contribution is 0.137. The molecule has 1 aliphatic rings. The Balaban J connectivity index is 0.000000180. The van der Waals surface area contributed by atoms with E-state index in [9.17, 15) is 0 Å². The van der Waals surface area contributed by atoms with Crippen LogP contribution in [0.1, 0.15) is 6.42 Å². The second kappa shape index (κ2) is 6.10. The molecule has 0 fully saturated rings. The Kier molecular flexibility index (Phi) is 5.47. The van der Waals surface area contributed by atoms with Crippen LogP contribution >= 0.6 is 0 Å². The average Bonchev–Trinajstić information content (AvgIpc) is 1.90. The molecule has 2 N–H and O–H groups in total. The summed E-state index contributed by atoms with van der Waals surface area (Å²) in [6, 6.07) is 0. The summed E-state index contributed by atoms with van der Waals surface area (Å²) in [5.41, 5.74) is 0. The van der Waals surface area contributed by atoms with Gasteiger partial charge in [-0.15, -0.1) is 0 Å². The summed E-state index contributed by atoms with van der Waals surface area (Å²) in [4.78, 5) is 8.56. The highest BCUT2D eigenvalue weighted by Crippen LogP contribution is 1.91. The molecule has 0 aromatic carbocycles. The van der Waals surface area contributed by atoms with Gasteiger partial charge < -0.3 is 14.9 Å². The van der Waals surface area contributed by atoms with Gasteiger partial charge in [0.1, 0.15) is 0 Å². The largest absolute Gasteiger partial charge is 0.503 e. The van der Waals surface area contributed by atoms with Gasteiger partial charge in [-0.3, -0.25) is 0 Å². The van der Waals surface area contributed by atoms with Crippen molar-refractivity contribution in [2.45, 2.75) is 6.42 Å². The number of ether oxygens (including phenoxy) is 1. The summed E-state index contributed by atoms with van der Waals surface area (Å²) in [7, 11) is 0. The van der Waals surface area contributed by atoms with Crippen molar-refractivity contribution in [3.63, 3.8) is 0 Å². The van der Waals surface area contributed by atoms with Gasteiger partial charge in [0.05, 0.1) is 13.2 Å². The van der Waals surface area contributed by atoms with E-state index >= 15 is 0 Å². The monoisotopic (exact) mass is 146 g/mol. The smallest absolute Gasteiger partial charge is 0.450 e. The molecular formula is C6H10O4. The fourth-order valence-electron chi connectivity index (χ4n) is 0.489. The van der Waals surface area contributed by atoms with Gasteiger partial charge in [0.2, 0.25) is 0 Å². The van der Waals surface area contributed by atoms with Gasteiger partial charge in [-0.1, -0.05) is 12.2 Å². The molecule has 1 rings (SSSR count). The molecule has 0 aliphatic carbocycles. The van der Waals surface area contributed by atoms with Crippen LogP contribution < -0.4 is 0 Å². The molecular weight excluding hydrogens is 136 g/mol. The average molecular weight is 146 g/mol. The first-order valence-electron chi connectivity index (χ1n) is 2.88. The van der Waals surface area contributed by atoms with Gasteiger partial charge in [-0.05, 0) is 6.42 Å². The van der Waals surface area contributed by atoms with E-state index in [1.807, 2.05) is 6.08 Å². The van der Waals surface area contributed by atoms with Crippen LogP contribution in [0.3, 0.4) is 0 Å². The minimum absolute atomic E-state index is 0.819. The van der Waals surface area contributed by atoms with Crippen molar-refractivity contribution in [3.8, 4) is 0 Å². The minimum atomic E-state index is -1.83. The standard InChI is InChI=1S/C5H8O.CH2O3/c1-2-4-6-5-3-1;2-1(3)4/h1-2H,3-5H2;(H2,2,3,4). The number of hydrogen-bond donors (Lipinski definition) is 2. The Morgan fingerprint density at radius 1 is 1.40 bits per heavy atom. The highest BCUT2D eigenvalue weighted by molar-refractivity contribution is 5.53. The molecule has 0 atom stereocenters. The Morgan fingerprint density at radius 3 is 2.10 bits per heavy atom. The number of hydrogen-bond acceptors (Lipinski definition) is 2. The van der Waals surface area contributed by atoms with E-state index in [0.29, 0.717) is 0 Å². The molecule has 0 amide bonds. The van der Waals surface area contributed by atoms with Crippen molar-refractivity contribution >= 4 is 6.16 Å². The summed E-state index contributed by atoms with van der Waals surface area (Å²) >= 11 is 0. The van der Waals surface area contributed by atoms with E-state index in [1.54, 1.807) is 0 Å². The maximum atomic E-state index is 8.56. The lowest BCUT2D eigenvalue weighted by Gasteiger charge is -2.00. The van der Waals surface area contributed by atoms with Crippen molar-refractivity contribution in [2.24, 2.45) is 0 Å². The molecule has 4 heteroatoms. The molecule has 58 valence electrons. The zero-order valence-corrected chi connectivity index (χ0v) is 5.49. The van der Waals surface area contributed by atoms with E-state index in [1.165, 1.54) is 0 Å². The third kappa shape index (κ3) is 10.1. The fourth-order valence-corrected chi connectivity index (χ4v) is 0.489. The van der Waals surface area contributed by atoms with Crippen LogP contribution in [-0.2, 0) is 4.74 Å². The van der Waals surface area contributed by atoms with E-state index in [0.717, 1.165) is 19.6 Å². The highest BCUT2D eigenvalue weighted by atomic mass is 16.6. The number of carbonyl (C=O) groups is 1. The van der Waals surface area contributed by atoms with Crippen molar-refractivity contribution in [2.75, 3.05) is 13.2 Å². The fraction of sp³-hybridized carbons (Fsp3) is 0.500. The van der Waals surface area contributed by atoms with Crippen LogP contribution in [0, 0.1) is 0 Å². The van der Waals surface area contributed by atoms with Crippen molar-refractivity contribution in [3.05, 3.63) is 12.2 Å². The first-order chi connectivity index (χ1) is 4.73. The Morgan fingerprint density at radius 2 is 2.00 bits per heavy atom. The summed E-state index contributed by atoms with van der Waals surface area (Å²) in [6.45, 7) is 1.73. The predicted molar refractivity (Wildman–Crippen MR) is 35.2 cm³/mol. The van der Waals surface area contributed by atoms with Gasteiger partial charge in [0.25, 0.3) is 0 Å². The third-order valence-corrected chi connectivity index (χ3v) is 0.810. The van der Waals surface area contributed by atoms with Gasteiger partial charge in [-0.25, -0.2) is 4.79 Å². The molecule has 0 spiro atoms. The summed E-state index contributed by atoms with van der Waals surface area (Å²) < 4.78 is 4.98. The second-order valence-corrected chi connectivity index (χ2v) is 1.62. The first-order valence-corrected chi connectivity index (χ1v) is 2.88. The summed E-state index contributed by atoms with van der Waals surface area (Å²) in [5.74, 6) is 0. The van der Waals surface area contributed by atoms with Gasteiger partial charge in [0.15, 0.2) is 0 Å². The quantitative estimate of drug-likeness (QED) is 0.503. The maximum Gasteiger partial charge on any atom is 0.503 e. The molecule has 0 saturated carbocycles. The maximum absolute atomic E-state index is 8.56. The molecule has 0 bridgehead atoms. The van der Waals surface area contributed by atoms with Crippen LogP contribution in [0.2, 0.25) is 0 Å². The molecule has 0 radical (unpaired) electrons. The van der Waals surface area contributed by atoms with Crippen molar-refractivity contribution < 1.29 is 19.7 Å². The lowest BCUT2D eigenvalue weighted by Crippen LogP contribution is -1.96. The Bertz CT molecular complexity index is 107. The zero-order chi connectivity index (χ0) is 7.82. The topological polar surface area (TPSA) is 66.8 Å². The first kappa shape index (κ1) is 8.97. The lowest BCUT2D eigenvalue weighted by atomic mass is 10.3. The third-order valence-electron chi connectivity index (χ3n) is 0.810. The summed E-state index contributed by atoms with van der Waals surface area (Å²) in [5, 5.41) is 13.9. The molecule has 0 saturated heterocycles. The molecule has 1 aliphatic heterocycles. The molecule has 1 heterocycles. The Labute approximate surface area is 58.7 Å². The van der Waals surface area contributed by atoms with E-state index in [2.05, 4.69) is 6.08 Å². The molecule has 0 aromatic rings. The van der Waals surface area contributed by atoms with Crippen LogP contribution in [0.4, 0.5) is 4.79 Å². The molecule has 0 aromatic heterocycles. The Hall–Kier alpha value is -1.03. The van der Waals surface area contributed by atoms with Crippen LogP contribution in [0.25, 0.3) is 0 Å². The van der Waals surface area contributed by atoms with Crippen molar-refractivity contribution in [1.82, 2.24) is 0 Å². The minimum Gasteiger partial charge on any atom is -0.450 e. The summed E-state index contributed by atoms with van der Waals surface area (Å²) in [6.07, 6.45) is 3.45. The van der Waals surface area contributed by atoms with E-state index in [4.69, 9.17) is 19.7 Å². The SMILES string of the molecule is C1=CCOCC1.O=C(O)O. The molecule has 10 heavy (non-hydrogen) atoms. The highest BCUT2D eigenvalue weighted by Gasteiger charge is 1.85. The number of rotatable bonds is 0. The normalized spacial score (nSPS) is 15.2. The van der Waals surface area contributed by atoms with Crippen molar-refractivity contribution in [1.29, 1.82) is 0 Å². The van der Waals surface area contributed by atoms with Gasteiger partial charge in [-0.2, -0.15) is 0 Å². The van der Waals surface area contributed by atoms with Crippen LogP contribution in [0.5, 0.6) is 0 Å². The molecule has 4 nitrogen and oxygen atoms in total. The van der Waals surface area contributed by atoms with Gasteiger partial charge in [0, 0.05) is 0 Å². The molecule has 0 unspecified atom stereocenters. The van der Waals surface area contributed by atoms with Crippen LogP contribution in [-0.4, -0.2) is 29.6 Å². The van der Waals surface area contributed by atoms with E-state index in [-0.39, 0.29) is 0 Å². The second-order valence-electron chi connectivity index (χ2n) is 1.62. The number of carboxylic acid groups (broad SMARTS) is 2.